The summed E-state index contributed by atoms with van der Waals surface area (Å²) in [6, 6.07) is 8.06. The highest BCUT2D eigenvalue weighted by atomic mass is 16.7. The number of nitrogens with zero attached hydrogens (tertiary/aromatic N) is 2. The molecule has 7 heteroatoms. The zero-order valence-corrected chi connectivity index (χ0v) is 13.9. The number of anilines is 1. The van der Waals surface area contributed by atoms with Crippen LogP contribution in [0.5, 0.6) is 11.5 Å². The molecule has 1 aliphatic heterocycles. The standard InChI is InChI=1S/C18H19N3O4/c1-21-16(22)8-6-13(20-21)17(23)19-12-5-7-14-15(11-12)25-18(24-14)9-3-2-4-10-18/h5-8,11H,2-4,9-10H2,1H3,(H,19,23). The van der Waals surface area contributed by atoms with Crippen molar-refractivity contribution in [2.24, 2.45) is 7.05 Å². The fourth-order valence-electron chi connectivity index (χ4n) is 3.28. The zero-order chi connectivity index (χ0) is 17.4. The summed E-state index contributed by atoms with van der Waals surface area (Å²) in [5.41, 5.74) is 0.497. The summed E-state index contributed by atoms with van der Waals surface area (Å²) in [4.78, 5) is 23.7. The summed E-state index contributed by atoms with van der Waals surface area (Å²) in [5.74, 6) is 0.428. The smallest absolute Gasteiger partial charge is 0.276 e. The number of hydrogen-bond acceptors (Lipinski definition) is 5. The van der Waals surface area contributed by atoms with Gasteiger partial charge in [0.25, 0.3) is 17.3 Å². The SMILES string of the molecule is Cn1nc(C(=O)Nc2ccc3c(c2)OC2(CCCCC2)O3)ccc1=O. The van der Waals surface area contributed by atoms with E-state index in [2.05, 4.69) is 10.4 Å². The maximum atomic E-state index is 12.3. The van der Waals surface area contributed by atoms with Crippen LogP contribution < -0.4 is 20.3 Å². The van der Waals surface area contributed by atoms with E-state index in [0.717, 1.165) is 30.4 Å². The number of ether oxygens (including phenoxy) is 2. The second-order valence-electron chi connectivity index (χ2n) is 6.47. The van der Waals surface area contributed by atoms with Crippen molar-refractivity contribution in [3.05, 3.63) is 46.4 Å². The monoisotopic (exact) mass is 341 g/mol. The van der Waals surface area contributed by atoms with Crippen molar-refractivity contribution >= 4 is 11.6 Å². The van der Waals surface area contributed by atoms with Crippen LogP contribution in [0, 0.1) is 0 Å². The third kappa shape index (κ3) is 2.97. The van der Waals surface area contributed by atoms with Crippen molar-refractivity contribution in [2.75, 3.05) is 5.32 Å². The first-order valence-corrected chi connectivity index (χ1v) is 8.42. The summed E-state index contributed by atoms with van der Waals surface area (Å²) in [6.45, 7) is 0. The lowest BCUT2D eigenvalue weighted by atomic mass is 9.94. The Bertz CT molecular complexity index is 884. The number of fused-ring (bicyclic) bond motifs is 1. The number of carbonyl (C=O) groups is 1. The van der Waals surface area contributed by atoms with Crippen LogP contribution in [-0.4, -0.2) is 21.5 Å². The molecular formula is C18H19N3O4. The van der Waals surface area contributed by atoms with E-state index in [0.29, 0.717) is 17.2 Å². The maximum absolute atomic E-state index is 12.3. The van der Waals surface area contributed by atoms with Gasteiger partial charge in [0.15, 0.2) is 11.5 Å². The quantitative estimate of drug-likeness (QED) is 0.907. The van der Waals surface area contributed by atoms with Crippen molar-refractivity contribution in [3.8, 4) is 11.5 Å². The van der Waals surface area contributed by atoms with Gasteiger partial charge in [0.2, 0.25) is 0 Å². The fourth-order valence-corrected chi connectivity index (χ4v) is 3.28. The molecule has 2 aromatic rings. The second kappa shape index (κ2) is 5.91. The van der Waals surface area contributed by atoms with Crippen molar-refractivity contribution < 1.29 is 14.3 Å². The van der Waals surface area contributed by atoms with Crippen LogP contribution in [0.4, 0.5) is 5.69 Å². The van der Waals surface area contributed by atoms with E-state index in [-0.39, 0.29) is 17.2 Å². The molecule has 2 aliphatic rings. The average molecular weight is 341 g/mol. The average Bonchev–Trinajstić information content (AvgIpc) is 2.94. The number of amides is 1. The number of benzene rings is 1. The van der Waals surface area contributed by atoms with E-state index in [1.165, 1.54) is 25.6 Å². The summed E-state index contributed by atoms with van der Waals surface area (Å²) < 4.78 is 13.2. The number of rotatable bonds is 2. The Morgan fingerprint density at radius 1 is 1.12 bits per heavy atom. The molecule has 1 aromatic heterocycles. The Labute approximate surface area is 144 Å². The molecule has 1 amide bonds. The minimum absolute atomic E-state index is 0.170. The van der Waals surface area contributed by atoms with E-state index in [4.69, 9.17) is 9.47 Å². The molecule has 0 atom stereocenters. The van der Waals surface area contributed by atoms with Gasteiger partial charge in [0.1, 0.15) is 5.69 Å². The highest BCUT2D eigenvalue weighted by molar-refractivity contribution is 6.02. The van der Waals surface area contributed by atoms with Crippen LogP contribution in [0.15, 0.2) is 35.1 Å². The maximum Gasteiger partial charge on any atom is 0.276 e. The molecule has 7 nitrogen and oxygen atoms in total. The number of carbonyl (C=O) groups excluding carboxylic acids is 1. The Kier molecular flexibility index (Phi) is 3.71. The van der Waals surface area contributed by atoms with Gasteiger partial charge in [-0.1, -0.05) is 6.42 Å². The lowest BCUT2D eigenvalue weighted by Gasteiger charge is -2.31. The molecule has 1 spiro atoms. The van der Waals surface area contributed by atoms with Crippen LogP contribution in [0.25, 0.3) is 0 Å². The van der Waals surface area contributed by atoms with Crippen LogP contribution >= 0.6 is 0 Å². The van der Waals surface area contributed by atoms with E-state index in [9.17, 15) is 9.59 Å². The molecule has 0 saturated heterocycles. The normalized spacial score (nSPS) is 17.5. The molecule has 25 heavy (non-hydrogen) atoms. The Hall–Kier alpha value is -2.83. The minimum atomic E-state index is -0.539. The van der Waals surface area contributed by atoms with E-state index in [1.807, 2.05) is 6.07 Å². The molecule has 1 aliphatic carbocycles. The highest BCUT2D eigenvalue weighted by Crippen LogP contribution is 2.46. The van der Waals surface area contributed by atoms with Crippen molar-refractivity contribution in [1.29, 1.82) is 0 Å². The second-order valence-corrected chi connectivity index (χ2v) is 6.47. The van der Waals surface area contributed by atoms with Gasteiger partial charge in [0, 0.05) is 37.7 Å². The molecule has 1 aromatic carbocycles. The summed E-state index contributed by atoms with van der Waals surface area (Å²) >= 11 is 0. The van der Waals surface area contributed by atoms with Crippen molar-refractivity contribution in [1.82, 2.24) is 9.78 Å². The number of aryl methyl sites for hydroxylation is 1. The summed E-state index contributed by atoms with van der Waals surface area (Å²) in [5, 5.41) is 6.72. The molecule has 4 rings (SSSR count). The van der Waals surface area contributed by atoms with Crippen LogP contribution in [0.1, 0.15) is 42.6 Å². The van der Waals surface area contributed by atoms with Gasteiger partial charge in [-0.15, -0.1) is 0 Å². The third-order valence-corrected chi connectivity index (χ3v) is 4.60. The zero-order valence-electron chi connectivity index (χ0n) is 13.9. The van der Waals surface area contributed by atoms with Crippen LogP contribution in [0.3, 0.4) is 0 Å². The molecule has 2 heterocycles. The fraction of sp³-hybridized carbons (Fsp3) is 0.389. The Morgan fingerprint density at radius 2 is 1.88 bits per heavy atom. The van der Waals surface area contributed by atoms with Crippen molar-refractivity contribution in [3.63, 3.8) is 0 Å². The van der Waals surface area contributed by atoms with Gasteiger partial charge in [-0.25, -0.2) is 4.68 Å². The van der Waals surface area contributed by atoms with Gasteiger partial charge in [-0.3, -0.25) is 9.59 Å². The van der Waals surface area contributed by atoms with E-state index in [1.54, 1.807) is 12.1 Å². The highest BCUT2D eigenvalue weighted by Gasteiger charge is 2.42. The molecule has 0 unspecified atom stereocenters. The molecule has 130 valence electrons. The van der Waals surface area contributed by atoms with Gasteiger partial charge in [-0.05, 0) is 31.0 Å². The first-order valence-electron chi connectivity index (χ1n) is 8.42. The predicted octanol–water partition coefficient (Wildman–Crippen LogP) is 2.46. The third-order valence-electron chi connectivity index (χ3n) is 4.60. The van der Waals surface area contributed by atoms with E-state index < -0.39 is 5.79 Å². The minimum Gasteiger partial charge on any atom is -0.448 e. The molecule has 1 N–H and O–H groups in total. The van der Waals surface area contributed by atoms with Gasteiger partial charge >= 0.3 is 0 Å². The van der Waals surface area contributed by atoms with Crippen LogP contribution in [0.2, 0.25) is 0 Å². The summed E-state index contributed by atoms with van der Waals surface area (Å²) in [7, 11) is 1.50. The number of aromatic nitrogens is 2. The first kappa shape index (κ1) is 15.7. The largest absolute Gasteiger partial charge is 0.448 e. The van der Waals surface area contributed by atoms with E-state index >= 15 is 0 Å². The van der Waals surface area contributed by atoms with Crippen molar-refractivity contribution in [2.45, 2.75) is 37.9 Å². The summed E-state index contributed by atoms with van der Waals surface area (Å²) in [6.07, 6.45) is 5.15. The predicted molar refractivity (Wildman–Crippen MR) is 90.9 cm³/mol. The Balaban J connectivity index is 1.51. The van der Waals surface area contributed by atoms with Gasteiger partial charge < -0.3 is 14.8 Å². The van der Waals surface area contributed by atoms with Gasteiger partial charge in [-0.2, -0.15) is 5.10 Å². The topological polar surface area (TPSA) is 82.5 Å². The molecule has 1 fully saturated rings. The number of nitrogens with one attached hydrogen (secondary N) is 1. The molecular weight excluding hydrogens is 322 g/mol. The molecule has 1 saturated carbocycles. The van der Waals surface area contributed by atoms with Gasteiger partial charge in [0.05, 0.1) is 0 Å². The molecule has 0 bridgehead atoms. The van der Waals surface area contributed by atoms with Crippen LogP contribution in [-0.2, 0) is 7.05 Å². The Morgan fingerprint density at radius 3 is 2.64 bits per heavy atom. The number of hydrogen-bond donors (Lipinski definition) is 1. The first-order chi connectivity index (χ1) is 12.0. The molecule has 0 radical (unpaired) electrons. The lowest BCUT2D eigenvalue weighted by molar-refractivity contribution is -0.105. The lowest BCUT2D eigenvalue weighted by Crippen LogP contribution is -2.40.